The van der Waals surface area contributed by atoms with E-state index in [1.165, 1.54) is 19.1 Å². The van der Waals surface area contributed by atoms with Crippen LogP contribution in [-0.2, 0) is 16.6 Å². The van der Waals surface area contributed by atoms with Gasteiger partial charge in [-0.05, 0) is 37.0 Å². The number of hydrogen-bond acceptors (Lipinski definition) is 3. The molecule has 1 rings (SSSR count). The minimum atomic E-state index is -3.69. The molecule has 6 heteroatoms. The average molecular weight is 302 g/mol. The Morgan fingerprint density at radius 1 is 1.35 bits per heavy atom. The molecule has 0 saturated heterocycles. The van der Waals surface area contributed by atoms with Crippen LogP contribution in [0.3, 0.4) is 0 Å². The van der Waals surface area contributed by atoms with Gasteiger partial charge >= 0.3 is 0 Å². The van der Waals surface area contributed by atoms with Gasteiger partial charge in [-0.15, -0.1) is 0 Å². The molecule has 3 N–H and O–H groups in total. The Morgan fingerprint density at radius 2 is 1.90 bits per heavy atom. The Kier molecular flexibility index (Phi) is 4.94. The second-order valence-electron chi connectivity index (χ2n) is 6.13. The van der Waals surface area contributed by atoms with Crippen LogP contribution >= 0.6 is 0 Å². The summed E-state index contributed by atoms with van der Waals surface area (Å²) >= 11 is 0. The lowest BCUT2D eigenvalue weighted by Gasteiger charge is -2.28. The lowest BCUT2D eigenvalue weighted by Crippen LogP contribution is -2.41. The molecule has 1 unspecified atom stereocenters. The molecule has 0 aromatic heterocycles. The van der Waals surface area contributed by atoms with Crippen molar-refractivity contribution in [3.05, 3.63) is 29.1 Å². The molecule has 0 saturated carbocycles. The van der Waals surface area contributed by atoms with Gasteiger partial charge in [0, 0.05) is 18.2 Å². The first-order valence-corrected chi connectivity index (χ1v) is 7.98. The first kappa shape index (κ1) is 17.1. The van der Waals surface area contributed by atoms with Crippen LogP contribution in [0.25, 0.3) is 0 Å². The van der Waals surface area contributed by atoms with Crippen LogP contribution in [-0.4, -0.2) is 14.5 Å². The number of nitrogens with one attached hydrogen (secondary N) is 1. The summed E-state index contributed by atoms with van der Waals surface area (Å²) in [7, 11) is -3.69. The van der Waals surface area contributed by atoms with Gasteiger partial charge in [0.2, 0.25) is 10.0 Å². The van der Waals surface area contributed by atoms with Crippen LogP contribution in [0.5, 0.6) is 0 Å². The maximum atomic E-state index is 13.7. The smallest absolute Gasteiger partial charge is 0.240 e. The molecule has 0 heterocycles. The summed E-state index contributed by atoms with van der Waals surface area (Å²) in [6.07, 6.45) is 0. The number of nitrogens with two attached hydrogens (primary N) is 1. The van der Waals surface area contributed by atoms with Gasteiger partial charge in [-0.1, -0.05) is 20.8 Å². The van der Waals surface area contributed by atoms with E-state index >= 15 is 0 Å². The monoisotopic (exact) mass is 302 g/mol. The summed E-state index contributed by atoms with van der Waals surface area (Å²) < 4.78 is 41.0. The van der Waals surface area contributed by atoms with Crippen LogP contribution in [0.4, 0.5) is 4.39 Å². The van der Waals surface area contributed by atoms with Gasteiger partial charge in [0.05, 0.1) is 4.90 Å². The number of hydrogen-bond donors (Lipinski definition) is 2. The Hall–Kier alpha value is -0.980. The fourth-order valence-electron chi connectivity index (χ4n) is 1.59. The predicted molar refractivity (Wildman–Crippen MR) is 78.3 cm³/mol. The maximum Gasteiger partial charge on any atom is 0.240 e. The quantitative estimate of drug-likeness (QED) is 0.896. The van der Waals surface area contributed by atoms with E-state index in [9.17, 15) is 12.8 Å². The van der Waals surface area contributed by atoms with E-state index in [1.54, 1.807) is 6.92 Å². The average Bonchev–Trinajstić information content (AvgIpc) is 2.30. The summed E-state index contributed by atoms with van der Waals surface area (Å²) in [6, 6.07) is 2.37. The molecule has 0 fully saturated rings. The minimum Gasteiger partial charge on any atom is -0.326 e. The van der Waals surface area contributed by atoms with Crippen LogP contribution in [0.2, 0.25) is 0 Å². The van der Waals surface area contributed by atoms with Crippen molar-refractivity contribution in [1.29, 1.82) is 0 Å². The van der Waals surface area contributed by atoms with Gasteiger partial charge in [0.15, 0.2) is 0 Å². The molecule has 20 heavy (non-hydrogen) atoms. The van der Waals surface area contributed by atoms with E-state index in [1.807, 2.05) is 20.8 Å². The van der Waals surface area contributed by atoms with E-state index in [0.717, 1.165) is 0 Å². The summed E-state index contributed by atoms with van der Waals surface area (Å²) in [4.78, 5) is 0.0490. The molecular weight excluding hydrogens is 279 g/mol. The number of aryl methyl sites for hydroxylation is 1. The molecule has 0 bridgehead atoms. The fourth-order valence-corrected chi connectivity index (χ4v) is 3.17. The molecule has 0 aliphatic rings. The molecule has 0 aliphatic carbocycles. The number of benzene rings is 1. The standard InChI is InChI=1S/C14H23FN2O2S/c1-9-6-12(7-11(8-16)13(9)15)20(18,19)17-10(2)14(3,4)5/h6-7,10,17H,8,16H2,1-5H3. The van der Waals surface area contributed by atoms with E-state index in [2.05, 4.69) is 4.72 Å². The van der Waals surface area contributed by atoms with Crippen molar-refractivity contribution in [2.45, 2.75) is 52.1 Å². The zero-order valence-corrected chi connectivity index (χ0v) is 13.4. The third-order valence-electron chi connectivity index (χ3n) is 3.46. The predicted octanol–water partition coefficient (Wildman–Crippen LogP) is 2.31. The highest BCUT2D eigenvalue weighted by molar-refractivity contribution is 7.89. The normalized spacial score (nSPS) is 14.3. The van der Waals surface area contributed by atoms with Crippen molar-refractivity contribution in [2.24, 2.45) is 11.1 Å². The summed E-state index contributed by atoms with van der Waals surface area (Å²) in [6.45, 7) is 9.13. The van der Waals surface area contributed by atoms with Crippen LogP contribution in [0.1, 0.15) is 38.8 Å². The largest absolute Gasteiger partial charge is 0.326 e. The summed E-state index contributed by atoms with van der Waals surface area (Å²) in [5.41, 5.74) is 5.71. The molecular formula is C14H23FN2O2S. The van der Waals surface area contributed by atoms with Gasteiger partial charge < -0.3 is 5.73 Å². The first-order chi connectivity index (χ1) is 8.99. The molecule has 114 valence electrons. The van der Waals surface area contributed by atoms with Crippen molar-refractivity contribution in [3.8, 4) is 0 Å². The van der Waals surface area contributed by atoms with Gasteiger partial charge in [-0.2, -0.15) is 0 Å². The van der Waals surface area contributed by atoms with E-state index in [4.69, 9.17) is 5.73 Å². The molecule has 0 radical (unpaired) electrons. The second-order valence-corrected chi connectivity index (χ2v) is 7.84. The zero-order valence-electron chi connectivity index (χ0n) is 12.6. The zero-order chi connectivity index (χ0) is 15.7. The van der Waals surface area contributed by atoms with Crippen molar-refractivity contribution >= 4 is 10.0 Å². The lowest BCUT2D eigenvalue weighted by molar-refractivity contribution is 0.317. The Labute approximate surface area is 120 Å². The summed E-state index contributed by atoms with van der Waals surface area (Å²) in [5, 5.41) is 0. The van der Waals surface area contributed by atoms with Gasteiger partial charge in [-0.25, -0.2) is 17.5 Å². The van der Waals surface area contributed by atoms with Gasteiger partial charge in [0.1, 0.15) is 5.82 Å². The lowest BCUT2D eigenvalue weighted by atomic mass is 9.89. The molecule has 0 aliphatic heterocycles. The maximum absolute atomic E-state index is 13.7. The SMILES string of the molecule is Cc1cc(S(=O)(=O)NC(C)C(C)(C)C)cc(CN)c1F. The van der Waals surface area contributed by atoms with E-state index in [0.29, 0.717) is 0 Å². The van der Waals surface area contributed by atoms with Crippen molar-refractivity contribution in [1.82, 2.24) is 4.72 Å². The Morgan fingerprint density at radius 3 is 2.35 bits per heavy atom. The Balaban J connectivity index is 3.20. The molecule has 1 atom stereocenters. The highest BCUT2D eigenvalue weighted by Crippen LogP contribution is 2.23. The Bertz CT molecular complexity index is 592. The second kappa shape index (κ2) is 5.79. The minimum absolute atomic E-state index is 0.0368. The molecule has 4 nitrogen and oxygen atoms in total. The molecule has 0 amide bonds. The molecule has 0 spiro atoms. The summed E-state index contributed by atoms with van der Waals surface area (Å²) in [5.74, 6) is -0.449. The van der Waals surface area contributed by atoms with Crippen LogP contribution in [0, 0.1) is 18.2 Å². The number of sulfonamides is 1. The first-order valence-electron chi connectivity index (χ1n) is 6.50. The highest BCUT2D eigenvalue weighted by atomic mass is 32.2. The van der Waals surface area contributed by atoms with Crippen LogP contribution < -0.4 is 10.5 Å². The molecule has 1 aromatic rings. The third-order valence-corrected chi connectivity index (χ3v) is 4.98. The van der Waals surface area contributed by atoms with Gasteiger partial charge in [0.25, 0.3) is 0 Å². The van der Waals surface area contributed by atoms with E-state index < -0.39 is 15.8 Å². The van der Waals surface area contributed by atoms with Gasteiger partial charge in [-0.3, -0.25) is 0 Å². The number of rotatable bonds is 4. The fraction of sp³-hybridized carbons (Fsp3) is 0.571. The van der Waals surface area contributed by atoms with Crippen LogP contribution in [0.15, 0.2) is 17.0 Å². The highest BCUT2D eigenvalue weighted by Gasteiger charge is 2.26. The third kappa shape index (κ3) is 3.77. The topological polar surface area (TPSA) is 72.2 Å². The van der Waals surface area contributed by atoms with E-state index in [-0.39, 0.29) is 34.0 Å². The molecule has 1 aromatic carbocycles. The van der Waals surface area contributed by atoms with Crippen molar-refractivity contribution in [2.75, 3.05) is 0 Å². The number of halogens is 1. The van der Waals surface area contributed by atoms with Crippen molar-refractivity contribution < 1.29 is 12.8 Å². The van der Waals surface area contributed by atoms with Crippen molar-refractivity contribution in [3.63, 3.8) is 0 Å².